The van der Waals surface area contributed by atoms with Gasteiger partial charge in [0.1, 0.15) is 5.82 Å². The van der Waals surface area contributed by atoms with Crippen LogP contribution in [0.5, 0.6) is 11.5 Å². The largest absolute Gasteiger partial charge is 0.454 e. The molecule has 0 radical (unpaired) electrons. The van der Waals surface area contributed by atoms with E-state index in [0.29, 0.717) is 28.0 Å². The number of aromatic amines is 1. The van der Waals surface area contributed by atoms with E-state index in [1.807, 2.05) is 6.07 Å². The first-order valence-electron chi connectivity index (χ1n) is 7.55. The summed E-state index contributed by atoms with van der Waals surface area (Å²) in [5.41, 5.74) is 0.951. The molecular formula is C17H13N3O4S. The number of H-pyrrole nitrogens is 1. The molecule has 0 spiro atoms. The molecule has 7 nitrogen and oxygen atoms in total. The molecule has 126 valence electrons. The third kappa shape index (κ3) is 2.83. The van der Waals surface area contributed by atoms with Gasteiger partial charge in [-0.3, -0.25) is 9.59 Å². The number of nitrogens with zero attached hydrogens (tertiary/aromatic N) is 1. The Labute approximate surface area is 147 Å². The van der Waals surface area contributed by atoms with E-state index in [1.165, 1.54) is 11.8 Å². The fourth-order valence-electron chi connectivity index (χ4n) is 2.94. The standard InChI is InChI=1S/C17H13N3O4S/c1-2-5-25-17-19-15-14(16(22)20-17)10(7-13(21)18-15)9-3-4-11-12(6-9)24-8-23-11/h1,3-4,6,10H,5,7-8H2,(H2,18,19,20,21,22). The minimum atomic E-state index is -0.402. The van der Waals surface area contributed by atoms with Crippen LogP contribution in [0.15, 0.2) is 28.2 Å². The highest BCUT2D eigenvalue weighted by Gasteiger charge is 2.32. The Balaban J connectivity index is 1.78. The van der Waals surface area contributed by atoms with Gasteiger partial charge in [-0.1, -0.05) is 23.7 Å². The number of carbonyl (C=O) groups excluding carboxylic acids is 1. The van der Waals surface area contributed by atoms with Crippen molar-refractivity contribution in [3.8, 4) is 23.8 Å². The van der Waals surface area contributed by atoms with Crippen molar-refractivity contribution in [2.45, 2.75) is 17.5 Å². The first-order chi connectivity index (χ1) is 12.2. The predicted molar refractivity (Wildman–Crippen MR) is 92.1 cm³/mol. The Kier molecular flexibility index (Phi) is 3.86. The van der Waals surface area contributed by atoms with E-state index in [0.717, 1.165) is 5.56 Å². The predicted octanol–water partition coefficient (Wildman–Crippen LogP) is 1.70. The molecular weight excluding hydrogens is 342 g/mol. The second kappa shape index (κ2) is 6.18. The molecule has 1 unspecified atom stereocenters. The lowest BCUT2D eigenvalue weighted by Crippen LogP contribution is -2.31. The number of benzene rings is 1. The molecule has 4 rings (SSSR count). The molecule has 0 fully saturated rings. The van der Waals surface area contributed by atoms with Gasteiger partial charge in [-0.05, 0) is 17.7 Å². The summed E-state index contributed by atoms with van der Waals surface area (Å²) >= 11 is 1.23. The number of anilines is 1. The second-order valence-electron chi connectivity index (χ2n) is 5.54. The topological polar surface area (TPSA) is 93.3 Å². The smallest absolute Gasteiger partial charge is 0.257 e. The normalized spacial score (nSPS) is 17.6. The molecule has 2 N–H and O–H groups in total. The van der Waals surface area contributed by atoms with Gasteiger partial charge in [0, 0.05) is 12.3 Å². The van der Waals surface area contributed by atoms with Crippen LogP contribution in [0.3, 0.4) is 0 Å². The maximum Gasteiger partial charge on any atom is 0.257 e. The number of carbonyl (C=O) groups is 1. The molecule has 8 heteroatoms. The van der Waals surface area contributed by atoms with Gasteiger partial charge in [0.2, 0.25) is 12.7 Å². The van der Waals surface area contributed by atoms with Gasteiger partial charge in [-0.2, -0.15) is 0 Å². The van der Waals surface area contributed by atoms with Gasteiger partial charge in [0.05, 0.1) is 11.3 Å². The number of rotatable bonds is 3. The highest BCUT2D eigenvalue weighted by Crippen LogP contribution is 2.39. The van der Waals surface area contributed by atoms with Crippen LogP contribution in [-0.2, 0) is 4.79 Å². The number of hydrogen-bond acceptors (Lipinski definition) is 6. The first kappa shape index (κ1) is 15.6. The summed E-state index contributed by atoms with van der Waals surface area (Å²) in [5, 5.41) is 3.06. The average molecular weight is 355 g/mol. The lowest BCUT2D eigenvalue weighted by atomic mass is 9.86. The number of amides is 1. The van der Waals surface area contributed by atoms with Crippen LogP contribution in [0.1, 0.15) is 23.5 Å². The number of terminal acetylenes is 1. The molecule has 1 atom stereocenters. The summed E-state index contributed by atoms with van der Waals surface area (Å²) in [5.74, 6) is 3.79. The van der Waals surface area contributed by atoms with Crippen LogP contribution in [0.2, 0.25) is 0 Å². The van der Waals surface area contributed by atoms with Crippen molar-refractivity contribution in [3.63, 3.8) is 0 Å². The molecule has 0 aliphatic carbocycles. The van der Waals surface area contributed by atoms with Crippen LogP contribution in [0.25, 0.3) is 0 Å². The van der Waals surface area contributed by atoms with Crippen molar-refractivity contribution in [2.24, 2.45) is 0 Å². The third-order valence-electron chi connectivity index (χ3n) is 4.02. The maximum atomic E-state index is 12.6. The van der Waals surface area contributed by atoms with Crippen LogP contribution < -0.4 is 20.3 Å². The molecule has 25 heavy (non-hydrogen) atoms. The molecule has 2 aliphatic heterocycles. The SMILES string of the molecule is C#CCSc1nc2c(c(=O)[nH]1)C(c1ccc3c(c1)OCO3)CC(=O)N2. The number of ether oxygens (including phenoxy) is 2. The van der Waals surface area contributed by atoms with E-state index < -0.39 is 5.92 Å². The van der Waals surface area contributed by atoms with E-state index in [4.69, 9.17) is 15.9 Å². The summed E-state index contributed by atoms with van der Waals surface area (Å²) in [4.78, 5) is 31.8. The molecule has 0 saturated carbocycles. The lowest BCUT2D eigenvalue weighted by molar-refractivity contribution is -0.116. The first-order valence-corrected chi connectivity index (χ1v) is 8.54. The number of nitrogens with one attached hydrogen (secondary N) is 2. The van der Waals surface area contributed by atoms with E-state index in [9.17, 15) is 9.59 Å². The maximum absolute atomic E-state index is 12.6. The summed E-state index contributed by atoms with van der Waals surface area (Å²) in [6.07, 6.45) is 5.40. The molecule has 1 aromatic carbocycles. The van der Waals surface area contributed by atoms with E-state index in [2.05, 4.69) is 21.2 Å². The van der Waals surface area contributed by atoms with Gasteiger partial charge in [0.15, 0.2) is 16.7 Å². The molecule has 3 heterocycles. The fraction of sp³-hybridized carbons (Fsp3) is 0.235. The lowest BCUT2D eigenvalue weighted by Gasteiger charge is -2.24. The third-order valence-corrected chi connectivity index (χ3v) is 4.80. The van der Waals surface area contributed by atoms with Gasteiger partial charge < -0.3 is 19.8 Å². The number of fused-ring (bicyclic) bond motifs is 2. The Hall–Kier alpha value is -2.92. The van der Waals surface area contributed by atoms with Crippen molar-refractivity contribution in [2.75, 3.05) is 17.9 Å². The molecule has 2 aliphatic rings. The Morgan fingerprint density at radius 2 is 2.16 bits per heavy atom. The molecule has 0 saturated heterocycles. The Morgan fingerprint density at radius 1 is 1.32 bits per heavy atom. The monoisotopic (exact) mass is 355 g/mol. The summed E-state index contributed by atoms with van der Waals surface area (Å²) < 4.78 is 10.7. The van der Waals surface area contributed by atoms with Crippen LogP contribution in [0, 0.1) is 12.3 Å². The van der Waals surface area contributed by atoms with Crippen molar-refractivity contribution >= 4 is 23.5 Å². The van der Waals surface area contributed by atoms with E-state index in [1.54, 1.807) is 12.1 Å². The minimum Gasteiger partial charge on any atom is -0.454 e. The molecule has 0 bridgehead atoms. The highest BCUT2D eigenvalue weighted by molar-refractivity contribution is 7.99. The average Bonchev–Trinajstić information content (AvgIpc) is 3.06. The van der Waals surface area contributed by atoms with Gasteiger partial charge in [0.25, 0.3) is 5.56 Å². The zero-order chi connectivity index (χ0) is 17.4. The molecule has 2 aromatic rings. The Bertz CT molecular complexity index is 963. The second-order valence-corrected chi connectivity index (χ2v) is 6.51. The van der Waals surface area contributed by atoms with E-state index >= 15 is 0 Å². The van der Waals surface area contributed by atoms with Gasteiger partial charge in [-0.25, -0.2) is 4.98 Å². The Morgan fingerprint density at radius 3 is 3.00 bits per heavy atom. The zero-order valence-corrected chi connectivity index (χ0v) is 13.8. The number of hydrogen-bond donors (Lipinski definition) is 2. The molecule has 1 amide bonds. The molecule has 1 aromatic heterocycles. The number of aromatic nitrogens is 2. The van der Waals surface area contributed by atoms with Crippen LogP contribution in [-0.4, -0.2) is 28.4 Å². The van der Waals surface area contributed by atoms with Crippen LogP contribution >= 0.6 is 11.8 Å². The summed E-state index contributed by atoms with van der Waals surface area (Å²) in [6.45, 7) is 0.165. The summed E-state index contributed by atoms with van der Waals surface area (Å²) in [6, 6.07) is 5.42. The van der Waals surface area contributed by atoms with Crippen molar-refractivity contribution < 1.29 is 14.3 Å². The van der Waals surface area contributed by atoms with Crippen LogP contribution in [0.4, 0.5) is 5.82 Å². The minimum absolute atomic E-state index is 0.161. The zero-order valence-electron chi connectivity index (χ0n) is 13.0. The van der Waals surface area contributed by atoms with Gasteiger partial charge >= 0.3 is 0 Å². The van der Waals surface area contributed by atoms with Gasteiger partial charge in [-0.15, -0.1) is 6.42 Å². The summed E-state index contributed by atoms with van der Waals surface area (Å²) in [7, 11) is 0. The van der Waals surface area contributed by atoms with Crippen molar-refractivity contribution in [1.82, 2.24) is 9.97 Å². The van der Waals surface area contributed by atoms with Crippen molar-refractivity contribution in [3.05, 3.63) is 39.7 Å². The van der Waals surface area contributed by atoms with Crippen molar-refractivity contribution in [1.29, 1.82) is 0 Å². The highest BCUT2D eigenvalue weighted by atomic mass is 32.2. The number of thioether (sulfide) groups is 1. The quantitative estimate of drug-likeness (QED) is 0.494. The van der Waals surface area contributed by atoms with E-state index in [-0.39, 0.29) is 30.5 Å². The fourth-order valence-corrected chi connectivity index (χ4v) is 3.48.